The highest BCUT2D eigenvalue weighted by molar-refractivity contribution is 7.81. The van der Waals surface area contributed by atoms with E-state index in [9.17, 15) is 9.18 Å². The summed E-state index contributed by atoms with van der Waals surface area (Å²) in [4.78, 5) is 14.2. The Balaban J connectivity index is -0.000000845. The zero-order valence-corrected chi connectivity index (χ0v) is 10.9. The van der Waals surface area contributed by atoms with E-state index >= 15 is 0 Å². The lowest BCUT2D eigenvalue weighted by molar-refractivity contribution is -0.138. The van der Waals surface area contributed by atoms with E-state index in [0.29, 0.717) is 13.0 Å². The van der Waals surface area contributed by atoms with Crippen molar-refractivity contribution in [1.82, 2.24) is 0 Å². The second-order valence-electron chi connectivity index (χ2n) is 2.68. The van der Waals surface area contributed by atoms with E-state index in [-0.39, 0.29) is 30.6 Å². The SMILES string of the molecule is Cl.Cl.NCCC(S)[C@H](N=C(N)CF)C(=O)O. The molecule has 0 aliphatic heterocycles. The van der Waals surface area contributed by atoms with Crippen LogP contribution in [0.25, 0.3) is 0 Å². The normalized spacial score (nSPS) is 14.3. The highest BCUT2D eigenvalue weighted by Gasteiger charge is 2.24. The van der Waals surface area contributed by atoms with Gasteiger partial charge in [-0.2, -0.15) is 12.6 Å². The number of nitrogens with zero attached hydrogens (tertiary/aromatic N) is 1. The third kappa shape index (κ3) is 7.98. The van der Waals surface area contributed by atoms with Crippen molar-refractivity contribution >= 4 is 49.2 Å². The summed E-state index contributed by atoms with van der Waals surface area (Å²) < 4.78 is 12.0. The molecule has 0 aliphatic carbocycles. The van der Waals surface area contributed by atoms with E-state index in [1.807, 2.05) is 0 Å². The Labute approximate surface area is 111 Å². The Hall–Kier alpha value is -0.240. The third-order valence-corrected chi connectivity index (χ3v) is 2.06. The Morgan fingerprint density at radius 3 is 2.31 bits per heavy atom. The van der Waals surface area contributed by atoms with E-state index in [4.69, 9.17) is 16.6 Å². The first-order valence-corrected chi connectivity index (χ1v) is 4.53. The molecule has 0 radical (unpaired) electrons. The van der Waals surface area contributed by atoms with Crippen LogP contribution >= 0.6 is 37.4 Å². The summed E-state index contributed by atoms with van der Waals surface area (Å²) in [5.41, 5.74) is 10.3. The van der Waals surface area contributed by atoms with Crippen LogP contribution in [0.5, 0.6) is 0 Å². The van der Waals surface area contributed by atoms with Gasteiger partial charge in [0, 0.05) is 5.25 Å². The smallest absolute Gasteiger partial charge is 0.329 e. The molecule has 0 spiro atoms. The Morgan fingerprint density at radius 1 is 1.50 bits per heavy atom. The lowest BCUT2D eigenvalue weighted by Crippen LogP contribution is -2.33. The van der Waals surface area contributed by atoms with Crippen LogP contribution in [0, 0.1) is 0 Å². The predicted molar refractivity (Wildman–Crippen MR) is 70.0 cm³/mol. The molecule has 0 aromatic heterocycles. The largest absolute Gasteiger partial charge is 0.480 e. The van der Waals surface area contributed by atoms with Crippen molar-refractivity contribution in [2.24, 2.45) is 16.5 Å². The van der Waals surface area contributed by atoms with Gasteiger partial charge in [-0.15, -0.1) is 24.8 Å². The standard InChI is InChI=1S/C7H14FN3O2S.2ClH/c8-3-5(10)11-6(7(12)13)4(14)1-2-9;;/h4,6,14H,1-3,9H2,(H2,10,11)(H,12,13);2*1H/t4?,6-;;/m0../s1. The fourth-order valence-corrected chi connectivity index (χ4v) is 1.19. The summed E-state index contributed by atoms with van der Waals surface area (Å²) >= 11 is 4.01. The summed E-state index contributed by atoms with van der Waals surface area (Å²) in [5.74, 6) is -1.52. The maximum Gasteiger partial charge on any atom is 0.329 e. The van der Waals surface area contributed by atoms with Crippen LogP contribution in [0.1, 0.15) is 6.42 Å². The maximum atomic E-state index is 12.0. The van der Waals surface area contributed by atoms with Crippen LogP contribution in [-0.2, 0) is 4.79 Å². The molecule has 0 aromatic carbocycles. The average molecular weight is 296 g/mol. The Bertz CT molecular complexity index is 234. The van der Waals surface area contributed by atoms with Gasteiger partial charge in [0.05, 0.1) is 0 Å². The monoisotopic (exact) mass is 295 g/mol. The van der Waals surface area contributed by atoms with Gasteiger partial charge in [0.15, 0.2) is 6.04 Å². The van der Waals surface area contributed by atoms with E-state index in [1.165, 1.54) is 0 Å². The number of amidine groups is 1. The van der Waals surface area contributed by atoms with Crippen LogP contribution in [0.15, 0.2) is 4.99 Å². The minimum Gasteiger partial charge on any atom is -0.480 e. The molecular weight excluding hydrogens is 280 g/mol. The molecule has 0 heterocycles. The number of halogens is 3. The fourth-order valence-electron chi connectivity index (χ4n) is 0.848. The molecule has 5 N–H and O–H groups in total. The number of hydrogen-bond acceptors (Lipinski definition) is 4. The maximum absolute atomic E-state index is 12.0. The number of alkyl halides is 1. The van der Waals surface area contributed by atoms with Gasteiger partial charge in [0.25, 0.3) is 0 Å². The molecule has 0 rings (SSSR count). The zero-order chi connectivity index (χ0) is 11.1. The van der Waals surface area contributed by atoms with Gasteiger partial charge >= 0.3 is 5.97 Å². The van der Waals surface area contributed by atoms with Crippen LogP contribution in [0.4, 0.5) is 4.39 Å². The Kier molecular flexibility index (Phi) is 14.8. The number of thiol groups is 1. The van der Waals surface area contributed by atoms with Crippen LogP contribution in [-0.4, -0.2) is 41.4 Å². The van der Waals surface area contributed by atoms with Gasteiger partial charge in [-0.1, -0.05) is 0 Å². The molecule has 0 bridgehead atoms. The van der Waals surface area contributed by atoms with Crippen molar-refractivity contribution in [3.05, 3.63) is 0 Å². The Morgan fingerprint density at radius 2 is 2.00 bits per heavy atom. The molecule has 2 atom stereocenters. The van der Waals surface area contributed by atoms with Crippen molar-refractivity contribution < 1.29 is 14.3 Å². The molecular formula is C7H16Cl2FN3O2S. The average Bonchev–Trinajstić information content (AvgIpc) is 2.13. The van der Waals surface area contributed by atoms with Gasteiger partial charge < -0.3 is 16.6 Å². The lowest BCUT2D eigenvalue weighted by atomic mass is 10.1. The molecule has 0 saturated carbocycles. The summed E-state index contributed by atoms with van der Waals surface area (Å²) in [6.07, 6.45) is 0.378. The fraction of sp³-hybridized carbons (Fsp3) is 0.714. The number of hydrogen-bond donors (Lipinski definition) is 4. The minimum absolute atomic E-state index is 0. The van der Waals surface area contributed by atoms with Crippen LogP contribution in [0.3, 0.4) is 0 Å². The predicted octanol–water partition coefficient (Wildman–Crippen LogP) is 0.257. The number of carboxylic acids is 1. The topological polar surface area (TPSA) is 102 Å². The zero-order valence-electron chi connectivity index (χ0n) is 8.38. The molecule has 0 aromatic rings. The molecule has 9 heteroatoms. The number of nitrogens with two attached hydrogens (primary N) is 2. The summed E-state index contributed by atoms with van der Waals surface area (Å²) in [7, 11) is 0. The first kappa shape index (κ1) is 21.1. The van der Waals surface area contributed by atoms with Crippen molar-refractivity contribution in [3.8, 4) is 0 Å². The van der Waals surface area contributed by atoms with Gasteiger partial charge in [0.1, 0.15) is 12.5 Å². The van der Waals surface area contributed by atoms with Gasteiger partial charge in [-0.05, 0) is 13.0 Å². The second kappa shape index (κ2) is 11.3. The summed E-state index contributed by atoms with van der Waals surface area (Å²) in [5, 5.41) is 8.19. The number of rotatable bonds is 6. The molecule has 0 amide bonds. The van der Waals surface area contributed by atoms with Gasteiger partial charge in [-0.3, -0.25) is 4.99 Å². The van der Waals surface area contributed by atoms with E-state index in [1.54, 1.807) is 0 Å². The summed E-state index contributed by atoms with van der Waals surface area (Å²) in [6, 6.07) is -1.14. The minimum atomic E-state index is -1.19. The first-order chi connectivity index (χ1) is 6.52. The number of carbonyl (C=O) groups is 1. The molecule has 98 valence electrons. The van der Waals surface area contributed by atoms with Crippen molar-refractivity contribution in [3.63, 3.8) is 0 Å². The first-order valence-electron chi connectivity index (χ1n) is 4.02. The number of aliphatic imine (C=N–C) groups is 1. The van der Waals surface area contributed by atoms with Crippen molar-refractivity contribution in [2.45, 2.75) is 17.7 Å². The molecule has 5 nitrogen and oxygen atoms in total. The van der Waals surface area contributed by atoms with E-state index < -0.39 is 23.9 Å². The van der Waals surface area contributed by atoms with Crippen molar-refractivity contribution in [2.75, 3.05) is 13.2 Å². The summed E-state index contributed by atoms with van der Waals surface area (Å²) in [6.45, 7) is -0.671. The quantitative estimate of drug-likeness (QED) is 0.321. The molecule has 16 heavy (non-hydrogen) atoms. The number of carboxylic acid groups (broad SMARTS) is 1. The molecule has 0 saturated heterocycles. The highest BCUT2D eigenvalue weighted by Crippen LogP contribution is 2.10. The molecule has 0 aliphatic rings. The van der Waals surface area contributed by atoms with Gasteiger partial charge in [0.2, 0.25) is 0 Å². The number of aliphatic carboxylic acids is 1. The van der Waals surface area contributed by atoms with Gasteiger partial charge in [-0.25, -0.2) is 9.18 Å². The molecule has 1 unspecified atom stereocenters. The van der Waals surface area contributed by atoms with Crippen molar-refractivity contribution in [1.29, 1.82) is 0 Å². The van der Waals surface area contributed by atoms with Crippen LogP contribution < -0.4 is 11.5 Å². The molecule has 0 fully saturated rings. The third-order valence-electron chi connectivity index (χ3n) is 1.52. The highest BCUT2D eigenvalue weighted by atomic mass is 35.5. The van der Waals surface area contributed by atoms with E-state index in [2.05, 4.69) is 17.6 Å². The van der Waals surface area contributed by atoms with E-state index in [0.717, 1.165) is 0 Å². The van der Waals surface area contributed by atoms with Crippen LogP contribution in [0.2, 0.25) is 0 Å². The lowest BCUT2D eigenvalue weighted by Gasteiger charge is -2.14. The second-order valence-corrected chi connectivity index (χ2v) is 3.35.